The number of rotatable bonds is 6. The number of benzene rings is 1. The summed E-state index contributed by atoms with van der Waals surface area (Å²) in [5, 5.41) is 14.3. The number of carbonyl (C=O) groups is 1. The standard InChI is InChI=1S/C21H21N7OS/c1-12-9-18(27-26-12)24-21-25-19(10-16-11-22-13(2)28(16)21)30-17-7-5-15(6-8-17)23-20(29)14-3-4-14/h5-11,14H,3-4H2,1-2H3,(H,23,29)(H2,24,25,26,27). The number of anilines is 3. The average Bonchev–Trinajstić information content (AvgIpc) is 3.41. The van der Waals surface area contributed by atoms with E-state index < -0.39 is 0 Å². The van der Waals surface area contributed by atoms with Gasteiger partial charge < -0.3 is 10.6 Å². The normalized spacial score (nSPS) is 13.5. The molecular weight excluding hydrogens is 398 g/mol. The fourth-order valence-electron chi connectivity index (χ4n) is 3.20. The fraction of sp³-hybridized carbons (Fsp3) is 0.238. The Kier molecular flexibility index (Phi) is 4.66. The molecule has 1 aliphatic carbocycles. The number of hydrogen-bond acceptors (Lipinski definition) is 6. The Bertz CT molecular complexity index is 1220. The van der Waals surface area contributed by atoms with Gasteiger partial charge in [-0.3, -0.25) is 14.3 Å². The summed E-state index contributed by atoms with van der Waals surface area (Å²) in [7, 11) is 0. The molecule has 3 aromatic heterocycles. The lowest BCUT2D eigenvalue weighted by Gasteiger charge is -2.10. The van der Waals surface area contributed by atoms with E-state index in [-0.39, 0.29) is 11.8 Å². The number of H-pyrrole nitrogens is 1. The first-order valence-electron chi connectivity index (χ1n) is 9.78. The molecular formula is C21H21N7OS. The van der Waals surface area contributed by atoms with Gasteiger partial charge in [0.15, 0.2) is 5.82 Å². The Labute approximate surface area is 177 Å². The van der Waals surface area contributed by atoms with Gasteiger partial charge in [0.05, 0.1) is 11.7 Å². The van der Waals surface area contributed by atoms with Crippen LogP contribution in [0.25, 0.3) is 5.52 Å². The van der Waals surface area contributed by atoms with E-state index in [4.69, 9.17) is 4.98 Å². The third kappa shape index (κ3) is 3.88. The average molecular weight is 420 g/mol. The number of aryl methyl sites for hydroxylation is 2. The number of amides is 1. The molecule has 0 aliphatic heterocycles. The third-order valence-corrected chi connectivity index (χ3v) is 5.83. The maximum atomic E-state index is 11.9. The summed E-state index contributed by atoms with van der Waals surface area (Å²) >= 11 is 1.55. The van der Waals surface area contributed by atoms with Gasteiger partial charge in [0, 0.05) is 28.3 Å². The minimum absolute atomic E-state index is 0.114. The van der Waals surface area contributed by atoms with Crippen LogP contribution in [0.1, 0.15) is 24.4 Å². The smallest absolute Gasteiger partial charge is 0.227 e. The molecule has 3 heterocycles. The van der Waals surface area contributed by atoms with Gasteiger partial charge >= 0.3 is 0 Å². The monoisotopic (exact) mass is 419 g/mol. The molecule has 1 aliphatic rings. The Morgan fingerprint density at radius 1 is 1.20 bits per heavy atom. The third-order valence-electron chi connectivity index (χ3n) is 4.90. The molecule has 1 aromatic carbocycles. The molecule has 152 valence electrons. The van der Waals surface area contributed by atoms with Gasteiger partial charge in [-0.15, -0.1) is 0 Å². The molecule has 9 heteroatoms. The number of fused-ring (bicyclic) bond motifs is 1. The molecule has 1 fully saturated rings. The Morgan fingerprint density at radius 2 is 2.00 bits per heavy atom. The first-order chi connectivity index (χ1) is 14.5. The zero-order valence-electron chi connectivity index (χ0n) is 16.6. The number of nitrogens with zero attached hydrogens (tertiary/aromatic N) is 4. The topological polar surface area (TPSA) is 100 Å². The highest BCUT2D eigenvalue weighted by Crippen LogP contribution is 2.32. The van der Waals surface area contributed by atoms with Crippen molar-refractivity contribution in [1.82, 2.24) is 24.6 Å². The van der Waals surface area contributed by atoms with Crippen molar-refractivity contribution in [3.05, 3.63) is 54.1 Å². The number of hydrogen-bond donors (Lipinski definition) is 3. The van der Waals surface area contributed by atoms with E-state index in [0.29, 0.717) is 11.8 Å². The molecule has 0 spiro atoms. The quantitative estimate of drug-likeness (QED) is 0.403. The molecule has 8 nitrogen and oxygen atoms in total. The predicted molar refractivity (Wildman–Crippen MR) is 116 cm³/mol. The van der Waals surface area contributed by atoms with Crippen molar-refractivity contribution in [3.8, 4) is 0 Å². The summed E-state index contributed by atoms with van der Waals surface area (Å²) < 4.78 is 1.96. The number of imidazole rings is 1. The Morgan fingerprint density at radius 3 is 2.70 bits per heavy atom. The first kappa shape index (κ1) is 18.7. The molecule has 3 N–H and O–H groups in total. The maximum Gasteiger partial charge on any atom is 0.227 e. The SMILES string of the molecule is Cc1cc(Nc2nc(Sc3ccc(NC(=O)C4CC4)cc3)cc3cnc(C)n23)n[nH]1. The lowest BCUT2D eigenvalue weighted by Crippen LogP contribution is -2.12. The molecule has 4 aromatic rings. The molecule has 0 radical (unpaired) electrons. The van der Waals surface area contributed by atoms with Gasteiger partial charge in [0.1, 0.15) is 10.9 Å². The van der Waals surface area contributed by atoms with E-state index in [0.717, 1.165) is 45.5 Å². The van der Waals surface area contributed by atoms with Crippen LogP contribution < -0.4 is 10.6 Å². The van der Waals surface area contributed by atoms with Gasteiger partial charge in [-0.05, 0) is 57.0 Å². The molecule has 0 saturated heterocycles. The van der Waals surface area contributed by atoms with E-state index in [1.165, 1.54) is 0 Å². The molecule has 0 unspecified atom stereocenters. The molecule has 5 rings (SSSR count). The van der Waals surface area contributed by atoms with Gasteiger partial charge in [0.25, 0.3) is 0 Å². The lowest BCUT2D eigenvalue weighted by atomic mass is 10.3. The minimum Gasteiger partial charge on any atom is -0.326 e. The number of nitrogens with one attached hydrogen (secondary N) is 3. The van der Waals surface area contributed by atoms with Crippen LogP contribution >= 0.6 is 11.8 Å². The van der Waals surface area contributed by atoms with E-state index in [2.05, 4.69) is 25.8 Å². The van der Waals surface area contributed by atoms with Crippen molar-refractivity contribution in [2.45, 2.75) is 36.6 Å². The van der Waals surface area contributed by atoms with Crippen LogP contribution in [0.5, 0.6) is 0 Å². The number of aromatic nitrogens is 5. The van der Waals surface area contributed by atoms with Gasteiger partial charge in [0.2, 0.25) is 11.9 Å². The molecule has 0 bridgehead atoms. The summed E-state index contributed by atoms with van der Waals surface area (Å²) in [5.41, 5.74) is 2.74. The van der Waals surface area contributed by atoms with Crippen LogP contribution in [0.4, 0.5) is 17.5 Å². The fourth-order valence-corrected chi connectivity index (χ4v) is 4.03. The van der Waals surface area contributed by atoms with Crippen molar-refractivity contribution >= 4 is 40.6 Å². The van der Waals surface area contributed by atoms with Gasteiger partial charge in [-0.1, -0.05) is 11.8 Å². The van der Waals surface area contributed by atoms with Crippen LogP contribution in [-0.4, -0.2) is 30.5 Å². The second-order valence-electron chi connectivity index (χ2n) is 7.43. The van der Waals surface area contributed by atoms with Crippen molar-refractivity contribution in [1.29, 1.82) is 0 Å². The predicted octanol–water partition coefficient (Wildman–Crippen LogP) is 4.31. The molecule has 0 atom stereocenters. The second-order valence-corrected chi connectivity index (χ2v) is 8.53. The Balaban J connectivity index is 1.39. The van der Waals surface area contributed by atoms with Crippen molar-refractivity contribution in [2.75, 3.05) is 10.6 Å². The minimum atomic E-state index is 0.114. The van der Waals surface area contributed by atoms with E-state index in [1.54, 1.807) is 11.8 Å². The summed E-state index contributed by atoms with van der Waals surface area (Å²) in [6.07, 6.45) is 3.82. The summed E-state index contributed by atoms with van der Waals surface area (Å²) in [6, 6.07) is 11.8. The van der Waals surface area contributed by atoms with E-state index >= 15 is 0 Å². The maximum absolute atomic E-state index is 11.9. The van der Waals surface area contributed by atoms with Crippen LogP contribution in [0.15, 0.2) is 52.5 Å². The van der Waals surface area contributed by atoms with Crippen molar-refractivity contribution < 1.29 is 4.79 Å². The van der Waals surface area contributed by atoms with Gasteiger partial charge in [-0.2, -0.15) is 5.10 Å². The highest BCUT2D eigenvalue weighted by molar-refractivity contribution is 7.99. The Hall–Kier alpha value is -3.33. The first-order valence-corrected chi connectivity index (χ1v) is 10.6. The summed E-state index contributed by atoms with van der Waals surface area (Å²) in [4.78, 5) is 22.2. The van der Waals surface area contributed by atoms with Crippen LogP contribution in [-0.2, 0) is 4.79 Å². The van der Waals surface area contributed by atoms with E-state index in [1.807, 2.05) is 60.8 Å². The van der Waals surface area contributed by atoms with Crippen molar-refractivity contribution in [3.63, 3.8) is 0 Å². The van der Waals surface area contributed by atoms with Crippen molar-refractivity contribution in [2.24, 2.45) is 5.92 Å². The molecule has 1 saturated carbocycles. The summed E-state index contributed by atoms with van der Waals surface area (Å²) in [5.74, 6) is 2.51. The number of carbonyl (C=O) groups excluding carboxylic acids is 1. The largest absolute Gasteiger partial charge is 0.326 e. The van der Waals surface area contributed by atoms with Gasteiger partial charge in [-0.25, -0.2) is 9.97 Å². The second kappa shape index (κ2) is 7.49. The van der Waals surface area contributed by atoms with Crippen LogP contribution in [0.3, 0.4) is 0 Å². The number of aromatic amines is 1. The summed E-state index contributed by atoms with van der Waals surface area (Å²) in [6.45, 7) is 3.89. The molecule has 30 heavy (non-hydrogen) atoms. The highest BCUT2D eigenvalue weighted by Gasteiger charge is 2.29. The van der Waals surface area contributed by atoms with E-state index in [9.17, 15) is 4.79 Å². The lowest BCUT2D eigenvalue weighted by molar-refractivity contribution is -0.117. The molecule has 1 amide bonds. The highest BCUT2D eigenvalue weighted by atomic mass is 32.2. The zero-order chi connectivity index (χ0) is 20.7. The van der Waals surface area contributed by atoms with Crippen LogP contribution in [0.2, 0.25) is 0 Å². The van der Waals surface area contributed by atoms with Crippen LogP contribution in [0, 0.1) is 19.8 Å². The zero-order valence-corrected chi connectivity index (χ0v) is 17.5.